The van der Waals surface area contributed by atoms with Crippen molar-refractivity contribution >= 4 is 0 Å². The van der Waals surface area contributed by atoms with Crippen LogP contribution in [0.1, 0.15) is 125 Å². The molecule has 1 nitrogen and oxygen atoms in total. The Hall–Kier alpha value is -0.0400. The largest absolute Gasteiger partial charge is 0.393 e. The van der Waals surface area contributed by atoms with Crippen molar-refractivity contribution in [2.75, 3.05) is 0 Å². The smallest absolute Gasteiger partial charge is 0.0571 e. The lowest BCUT2D eigenvalue weighted by Crippen LogP contribution is -2.56. The van der Waals surface area contributed by atoms with Crippen molar-refractivity contribution < 1.29 is 5.11 Å². The lowest BCUT2D eigenvalue weighted by atomic mass is 9.42. The first-order chi connectivity index (χ1) is 14.7. The van der Waals surface area contributed by atoms with Crippen LogP contribution in [0.5, 0.6) is 0 Å². The number of aliphatic hydroxyl groups excluding tert-OH is 1. The number of fused-ring (bicyclic) bond motifs is 5. The van der Waals surface area contributed by atoms with E-state index in [2.05, 4.69) is 41.5 Å². The van der Waals surface area contributed by atoms with Crippen LogP contribution < -0.4 is 0 Å². The summed E-state index contributed by atoms with van der Waals surface area (Å²) in [5.74, 6) is 7.00. The first-order valence-corrected chi connectivity index (χ1v) is 14.4. The molecule has 4 aliphatic carbocycles. The molecule has 180 valence electrons. The van der Waals surface area contributed by atoms with Gasteiger partial charge in [0.15, 0.2) is 0 Å². The van der Waals surface area contributed by atoms with Gasteiger partial charge >= 0.3 is 0 Å². The zero-order chi connectivity index (χ0) is 22.4. The van der Waals surface area contributed by atoms with E-state index in [-0.39, 0.29) is 6.10 Å². The quantitative estimate of drug-likeness (QED) is 0.429. The van der Waals surface area contributed by atoms with Gasteiger partial charge in [-0.2, -0.15) is 0 Å². The summed E-state index contributed by atoms with van der Waals surface area (Å²) in [5, 5.41) is 10.8. The van der Waals surface area contributed by atoms with Crippen molar-refractivity contribution in [3.63, 3.8) is 0 Å². The molecular formula is C30H54O. The molecule has 0 saturated heterocycles. The predicted molar refractivity (Wildman–Crippen MR) is 133 cm³/mol. The Bertz CT molecular complexity index is 597. The minimum absolute atomic E-state index is 0.0222. The second kappa shape index (κ2) is 9.31. The van der Waals surface area contributed by atoms with Crippen molar-refractivity contribution in [1.82, 2.24) is 0 Å². The van der Waals surface area contributed by atoms with Gasteiger partial charge in [-0.05, 0) is 116 Å². The molecule has 0 radical (unpaired) electrons. The van der Waals surface area contributed by atoms with E-state index in [0.29, 0.717) is 16.7 Å². The average molecular weight is 431 g/mol. The first kappa shape index (κ1) is 24.1. The maximum Gasteiger partial charge on any atom is 0.0571 e. The minimum atomic E-state index is -0.0222. The molecule has 0 heterocycles. The van der Waals surface area contributed by atoms with Crippen LogP contribution in [0.15, 0.2) is 0 Å². The van der Waals surface area contributed by atoms with E-state index in [4.69, 9.17) is 0 Å². The molecule has 31 heavy (non-hydrogen) atoms. The summed E-state index contributed by atoms with van der Waals surface area (Å²) in [7, 11) is 0. The van der Waals surface area contributed by atoms with Crippen LogP contribution in [-0.2, 0) is 0 Å². The van der Waals surface area contributed by atoms with Gasteiger partial charge in [-0.25, -0.2) is 0 Å². The highest BCUT2D eigenvalue weighted by Crippen LogP contribution is 2.69. The van der Waals surface area contributed by atoms with E-state index in [1.54, 1.807) is 0 Å². The fourth-order valence-corrected chi connectivity index (χ4v) is 10.3. The maximum absolute atomic E-state index is 10.8. The van der Waals surface area contributed by atoms with Crippen LogP contribution in [0.4, 0.5) is 0 Å². The Morgan fingerprint density at radius 3 is 2.19 bits per heavy atom. The molecule has 4 aliphatic rings. The summed E-state index contributed by atoms with van der Waals surface area (Å²) in [6, 6.07) is 0. The molecular weight excluding hydrogens is 376 g/mol. The van der Waals surface area contributed by atoms with Crippen LogP contribution in [0.3, 0.4) is 0 Å². The van der Waals surface area contributed by atoms with Gasteiger partial charge < -0.3 is 5.11 Å². The standard InChI is InChI=1S/C30H54O/c1-7-9-23-26-13-12-22-25-15-14-24(21(4)11-8-10-20(2)3)29(25,5)18-16-27(22)30(26,6)19-17-28(23)31/h20-28,31H,7-19H2,1-6H3/t21-,22-,23?,24+,25-,26?,27-,28?,29+,30-/m0/s1. The minimum Gasteiger partial charge on any atom is -0.393 e. The molecule has 0 amide bonds. The molecule has 4 rings (SSSR count). The van der Waals surface area contributed by atoms with Gasteiger partial charge in [-0.3, -0.25) is 0 Å². The van der Waals surface area contributed by atoms with Crippen LogP contribution >= 0.6 is 0 Å². The zero-order valence-electron chi connectivity index (χ0n) is 21.8. The summed E-state index contributed by atoms with van der Waals surface area (Å²) >= 11 is 0. The number of hydrogen-bond acceptors (Lipinski definition) is 1. The summed E-state index contributed by atoms with van der Waals surface area (Å²) in [6.45, 7) is 15.1. The third-order valence-electron chi connectivity index (χ3n) is 11.8. The van der Waals surface area contributed by atoms with Crippen molar-refractivity contribution in [1.29, 1.82) is 0 Å². The predicted octanol–water partition coefficient (Wildman–Crippen LogP) is 8.49. The molecule has 10 atom stereocenters. The van der Waals surface area contributed by atoms with Gasteiger partial charge in [-0.1, -0.05) is 67.2 Å². The molecule has 4 saturated carbocycles. The van der Waals surface area contributed by atoms with Crippen molar-refractivity contribution in [3.8, 4) is 0 Å². The summed E-state index contributed by atoms with van der Waals surface area (Å²) < 4.78 is 0. The second-order valence-electron chi connectivity index (χ2n) is 13.7. The molecule has 4 fully saturated rings. The van der Waals surface area contributed by atoms with E-state index in [9.17, 15) is 5.11 Å². The Morgan fingerprint density at radius 1 is 0.806 bits per heavy atom. The molecule has 0 aromatic carbocycles. The average Bonchev–Trinajstić information content (AvgIpc) is 3.07. The van der Waals surface area contributed by atoms with Crippen molar-refractivity contribution in [2.24, 2.45) is 58.2 Å². The summed E-state index contributed by atoms with van der Waals surface area (Å²) in [6.07, 6.45) is 18.0. The highest BCUT2D eigenvalue weighted by molar-refractivity contribution is 5.10. The van der Waals surface area contributed by atoms with Crippen molar-refractivity contribution in [3.05, 3.63) is 0 Å². The van der Waals surface area contributed by atoms with E-state index >= 15 is 0 Å². The topological polar surface area (TPSA) is 20.2 Å². The van der Waals surface area contributed by atoms with E-state index < -0.39 is 0 Å². The van der Waals surface area contributed by atoms with E-state index in [0.717, 1.165) is 47.8 Å². The highest BCUT2D eigenvalue weighted by atomic mass is 16.3. The zero-order valence-corrected chi connectivity index (χ0v) is 21.8. The van der Waals surface area contributed by atoms with Crippen LogP contribution in [0.25, 0.3) is 0 Å². The molecule has 0 aliphatic heterocycles. The van der Waals surface area contributed by atoms with Crippen molar-refractivity contribution in [2.45, 2.75) is 131 Å². The van der Waals surface area contributed by atoms with Gasteiger partial charge in [-0.15, -0.1) is 0 Å². The third-order valence-corrected chi connectivity index (χ3v) is 11.8. The fraction of sp³-hybridized carbons (Fsp3) is 1.00. The summed E-state index contributed by atoms with van der Waals surface area (Å²) in [5.41, 5.74) is 1.11. The normalized spacial score (nSPS) is 48.2. The monoisotopic (exact) mass is 430 g/mol. The van der Waals surface area contributed by atoms with Gasteiger partial charge in [0.05, 0.1) is 6.10 Å². The third kappa shape index (κ3) is 4.17. The Labute approximate surface area is 194 Å². The molecule has 1 N–H and O–H groups in total. The van der Waals surface area contributed by atoms with Crippen LogP contribution in [0, 0.1) is 58.2 Å². The maximum atomic E-state index is 10.8. The number of hydrogen-bond donors (Lipinski definition) is 1. The fourth-order valence-electron chi connectivity index (χ4n) is 10.3. The van der Waals surface area contributed by atoms with Gasteiger partial charge in [0, 0.05) is 0 Å². The Kier molecular flexibility index (Phi) is 7.23. The number of aliphatic hydroxyl groups is 1. The van der Waals surface area contributed by atoms with E-state index in [1.165, 1.54) is 77.0 Å². The molecule has 0 aromatic rings. The number of rotatable bonds is 7. The van der Waals surface area contributed by atoms with E-state index in [1.807, 2.05) is 0 Å². The van der Waals surface area contributed by atoms with Gasteiger partial charge in [0.2, 0.25) is 0 Å². The van der Waals surface area contributed by atoms with Gasteiger partial charge in [0.1, 0.15) is 0 Å². The second-order valence-corrected chi connectivity index (χ2v) is 13.7. The van der Waals surface area contributed by atoms with Gasteiger partial charge in [0.25, 0.3) is 0 Å². The van der Waals surface area contributed by atoms with Crippen LogP contribution in [-0.4, -0.2) is 11.2 Å². The molecule has 3 unspecified atom stereocenters. The molecule has 0 aromatic heterocycles. The molecule has 1 heteroatoms. The molecule has 0 spiro atoms. The first-order valence-electron chi connectivity index (χ1n) is 14.4. The Balaban J connectivity index is 1.48. The summed E-state index contributed by atoms with van der Waals surface area (Å²) in [4.78, 5) is 0. The Morgan fingerprint density at radius 2 is 1.48 bits per heavy atom. The lowest BCUT2D eigenvalue weighted by Gasteiger charge is -2.63. The highest BCUT2D eigenvalue weighted by Gasteiger charge is 2.61. The van der Waals surface area contributed by atoms with Crippen LogP contribution in [0.2, 0.25) is 0 Å². The molecule has 0 bridgehead atoms. The SMILES string of the molecule is CCCC1C(O)CC[C@@]2(C)C1CC[C@H]1[C@@H]3CC[C@H]([C@@H](C)CCCC(C)C)[C@@]3(C)CC[C@@H]12. The lowest BCUT2D eigenvalue weighted by molar-refractivity contribution is -0.153.